The molecule has 0 aliphatic carbocycles. The van der Waals surface area contributed by atoms with Gasteiger partial charge in [-0.3, -0.25) is 0 Å². The first-order valence-electron chi connectivity index (χ1n) is 5.95. The minimum Gasteiger partial charge on any atom is -0.378 e. The molecule has 1 aromatic heterocycles. The summed E-state index contributed by atoms with van der Waals surface area (Å²) in [7, 11) is 0. The van der Waals surface area contributed by atoms with Crippen molar-refractivity contribution in [3.05, 3.63) is 23.3 Å². The molecule has 0 atom stereocenters. The summed E-state index contributed by atoms with van der Waals surface area (Å²) in [4.78, 5) is 7.11. The number of aryl methyl sites for hydroxylation is 2. The maximum atomic E-state index is 5.37. The molecule has 0 saturated carbocycles. The number of morpholine rings is 1. The molecular formula is C13H16N2OS. The normalized spacial score (nSPS) is 16.7. The number of rotatable bonds is 1. The minimum absolute atomic E-state index is 0.813. The number of hydrogen-bond donors (Lipinski definition) is 0. The van der Waals surface area contributed by atoms with Crippen LogP contribution in [0.25, 0.3) is 10.2 Å². The molecule has 3 nitrogen and oxygen atoms in total. The summed E-state index contributed by atoms with van der Waals surface area (Å²) in [6.07, 6.45) is 0. The number of hydrogen-bond acceptors (Lipinski definition) is 4. The third-order valence-corrected chi connectivity index (χ3v) is 4.44. The highest BCUT2D eigenvalue weighted by atomic mass is 32.1. The van der Waals surface area contributed by atoms with Gasteiger partial charge in [-0.1, -0.05) is 17.4 Å². The molecule has 3 rings (SSSR count). The number of aromatic nitrogens is 1. The molecule has 4 heteroatoms. The van der Waals surface area contributed by atoms with Gasteiger partial charge in [-0.2, -0.15) is 0 Å². The van der Waals surface area contributed by atoms with Crippen LogP contribution in [-0.4, -0.2) is 31.3 Å². The fourth-order valence-electron chi connectivity index (χ4n) is 2.10. The third-order valence-electron chi connectivity index (χ3n) is 3.36. The Morgan fingerprint density at radius 3 is 2.76 bits per heavy atom. The molecule has 90 valence electrons. The van der Waals surface area contributed by atoms with Crippen molar-refractivity contribution in [3.63, 3.8) is 0 Å². The molecule has 0 amide bonds. The molecule has 1 fully saturated rings. The molecule has 0 radical (unpaired) electrons. The number of thiazole rings is 1. The van der Waals surface area contributed by atoms with Crippen molar-refractivity contribution in [2.75, 3.05) is 31.2 Å². The van der Waals surface area contributed by atoms with Crippen molar-refractivity contribution in [1.29, 1.82) is 0 Å². The van der Waals surface area contributed by atoms with Crippen molar-refractivity contribution < 1.29 is 4.74 Å². The molecule has 17 heavy (non-hydrogen) atoms. The third kappa shape index (κ3) is 1.91. The van der Waals surface area contributed by atoms with Crippen LogP contribution in [0, 0.1) is 13.8 Å². The topological polar surface area (TPSA) is 25.4 Å². The Morgan fingerprint density at radius 1 is 1.24 bits per heavy atom. The average molecular weight is 248 g/mol. The number of ether oxygens (including phenoxy) is 1. The molecule has 1 saturated heterocycles. The number of fused-ring (bicyclic) bond motifs is 1. The van der Waals surface area contributed by atoms with E-state index < -0.39 is 0 Å². The molecule has 2 aromatic rings. The number of anilines is 1. The van der Waals surface area contributed by atoms with E-state index in [0.717, 1.165) is 37.0 Å². The highest BCUT2D eigenvalue weighted by molar-refractivity contribution is 7.22. The van der Waals surface area contributed by atoms with Gasteiger partial charge < -0.3 is 9.64 Å². The van der Waals surface area contributed by atoms with E-state index in [4.69, 9.17) is 9.72 Å². The zero-order chi connectivity index (χ0) is 11.8. The lowest BCUT2D eigenvalue weighted by molar-refractivity contribution is 0.122. The molecule has 0 bridgehead atoms. The van der Waals surface area contributed by atoms with Crippen molar-refractivity contribution >= 4 is 26.7 Å². The zero-order valence-electron chi connectivity index (χ0n) is 10.2. The molecule has 0 N–H and O–H groups in total. The fraction of sp³-hybridized carbons (Fsp3) is 0.462. The standard InChI is InChI=1S/C13H16N2OS/c1-9-3-4-11-12(10(9)2)14-13(17-11)15-5-7-16-8-6-15/h3-4H,5-8H2,1-2H3. The molecule has 1 aromatic carbocycles. The first kappa shape index (κ1) is 11.0. The van der Waals surface area contributed by atoms with Crippen molar-refractivity contribution in [3.8, 4) is 0 Å². The summed E-state index contributed by atoms with van der Waals surface area (Å²) in [6.45, 7) is 7.83. The smallest absolute Gasteiger partial charge is 0.186 e. The van der Waals surface area contributed by atoms with Gasteiger partial charge in [0.1, 0.15) is 0 Å². The fourth-order valence-corrected chi connectivity index (χ4v) is 3.18. The van der Waals surface area contributed by atoms with Crippen LogP contribution in [0.1, 0.15) is 11.1 Å². The molecule has 0 spiro atoms. The Labute approximate surface area is 105 Å². The van der Waals surface area contributed by atoms with Gasteiger partial charge in [0.15, 0.2) is 5.13 Å². The van der Waals surface area contributed by atoms with E-state index in [9.17, 15) is 0 Å². The van der Waals surface area contributed by atoms with Crippen LogP contribution in [0.2, 0.25) is 0 Å². The highest BCUT2D eigenvalue weighted by Gasteiger charge is 2.16. The summed E-state index contributed by atoms with van der Waals surface area (Å²) >= 11 is 1.79. The van der Waals surface area contributed by atoms with Crippen molar-refractivity contribution in [2.45, 2.75) is 13.8 Å². The van der Waals surface area contributed by atoms with Crippen molar-refractivity contribution in [1.82, 2.24) is 4.98 Å². The quantitative estimate of drug-likeness (QED) is 0.776. The van der Waals surface area contributed by atoms with E-state index in [1.165, 1.54) is 15.8 Å². The maximum absolute atomic E-state index is 5.37. The summed E-state index contributed by atoms with van der Waals surface area (Å²) in [5.74, 6) is 0. The Kier molecular flexibility index (Phi) is 2.76. The van der Waals surface area contributed by atoms with Crippen LogP contribution in [0.5, 0.6) is 0 Å². The monoisotopic (exact) mass is 248 g/mol. The van der Waals surface area contributed by atoms with Crippen LogP contribution < -0.4 is 4.90 Å². The Balaban J connectivity index is 2.04. The lowest BCUT2D eigenvalue weighted by Gasteiger charge is -2.25. The van der Waals surface area contributed by atoms with Gasteiger partial charge in [-0.15, -0.1) is 0 Å². The summed E-state index contributed by atoms with van der Waals surface area (Å²) in [6, 6.07) is 4.36. The summed E-state index contributed by atoms with van der Waals surface area (Å²) in [5, 5.41) is 1.14. The zero-order valence-corrected chi connectivity index (χ0v) is 11.0. The lowest BCUT2D eigenvalue weighted by Crippen LogP contribution is -2.36. The van der Waals surface area contributed by atoms with Gasteiger partial charge in [-0.05, 0) is 31.0 Å². The predicted octanol–water partition coefficient (Wildman–Crippen LogP) is 2.75. The lowest BCUT2D eigenvalue weighted by atomic mass is 10.1. The first-order valence-corrected chi connectivity index (χ1v) is 6.77. The van der Waals surface area contributed by atoms with Crippen LogP contribution in [0.4, 0.5) is 5.13 Å². The second-order valence-electron chi connectivity index (χ2n) is 4.45. The molecule has 2 heterocycles. The Hall–Kier alpha value is -1.13. The van der Waals surface area contributed by atoms with Crippen LogP contribution in [-0.2, 0) is 4.74 Å². The largest absolute Gasteiger partial charge is 0.378 e. The molecule has 1 aliphatic heterocycles. The second kappa shape index (κ2) is 4.27. The van der Waals surface area contributed by atoms with Gasteiger partial charge in [0, 0.05) is 13.1 Å². The average Bonchev–Trinajstić information content (AvgIpc) is 2.80. The van der Waals surface area contributed by atoms with E-state index in [1.54, 1.807) is 11.3 Å². The summed E-state index contributed by atoms with van der Waals surface area (Å²) in [5.41, 5.74) is 3.78. The summed E-state index contributed by atoms with van der Waals surface area (Å²) < 4.78 is 6.66. The maximum Gasteiger partial charge on any atom is 0.186 e. The SMILES string of the molecule is Cc1ccc2sc(N3CCOCC3)nc2c1C. The first-order chi connectivity index (χ1) is 8.25. The van der Waals surface area contributed by atoms with E-state index in [0.29, 0.717) is 0 Å². The van der Waals surface area contributed by atoms with Crippen LogP contribution >= 0.6 is 11.3 Å². The Bertz CT molecular complexity index is 544. The van der Waals surface area contributed by atoms with Crippen LogP contribution in [0.3, 0.4) is 0 Å². The predicted molar refractivity (Wildman–Crippen MR) is 72.1 cm³/mol. The van der Waals surface area contributed by atoms with E-state index in [-0.39, 0.29) is 0 Å². The highest BCUT2D eigenvalue weighted by Crippen LogP contribution is 2.32. The van der Waals surface area contributed by atoms with Gasteiger partial charge in [0.25, 0.3) is 0 Å². The van der Waals surface area contributed by atoms with Gasteiger partial charge in [0.05, 0.1) is 23.4 Å². The molecular weight excluding hydrogens is 232 g/mol. The molecule has 0 unspecified atom stereocenters. The van der Waals surface area contributed by atoms with Crippen molar-refractivity contribution in [2.24, 2.45) is 0 Å². The van der Waals surface area contributed by atoms with E-state index >= 15 is 0 Å². The van der Waals surface area contributed by atoms with Gasteiger partial charge in [0.2, 0.25) is 0 Å². The van der Waals surface area contributed by atoms with E-state index in [1.807, 2.05) is 0 Å². The van der Waals surface area contributed by atoms with Gasteiger partial charge >= 0.3 is 0 Å². The van der Waals surface area contributed by atoms with E-state index in [2.05, 4.69) is 30.9 Å². The number of nitrogens with zero attached hydrogens (tertiary/aromatic N) is 2. The minimum atomic E-state index is 0.813. The number of benzene rings is 1. The molecule has 1 aliphatic rings. The second-order valence-corrected chi connectivity index (χ2v) is 5.46. The Morgan fingerprint density at radius 2 is 2.00 bits per heavy atom. The van der Waals surface area contributed by atoms with Crippen LogP contribution in [0.15, 0.2) is 12.1 Å². The van der Waals surface area contributed by atoms with Gasteiger partial charge in [-0.25, -0.2) is 4.98 Å².